The van der Waals surface area contributed by atoms with Gasteiger partial charge in [-0.3, -0.25) is 9.36 Å². The number of anilines is 2. The summed E-state index contributed by atoms with van der Waals surface area (Å²) in [6.45, 7) is 1.99. The number of para-hydroxylation sites is 1. The number of hydrogen-bond acceptors (Lipinski definition) is 6. The number of halogens is 1. The van der Waals surface area contributed by atoms with E-state index in [0.29, 0.717) is 16.2 Å². The Morgan fingerprint density at radius 2 is 1.91 bits per heavy atom. The Morgan fingerprint density at radius 3 is 2.67 bits per heavy atom. The second kappa shape index (κ2) is 8.69. The molecule has 0 unspecified atom stereocenters. The Bertz CT molecular complexity index is 1500. The maximum absolute atomic E-state index is 13.6. The highest BCUT2D eigenvalue weighted by Crippen LogP contribution is 2.33. The topological polar surface area (TPSA) is 85.8 Å². The Labute approximate surface area is 199 Å². The average molecular weight is 474 g/mol. The van der Waals surface area contributed by atoms with Gasteiger partial charge in [-0.25, -0.2) is 4.98 Å². The van der Waals surface area contributed by atoms with Crippen molar-refractivity contribution in [2.45, 2.75) is 13.0 Å². The molecule has 3 aromatic heterocycles. The third-order valence-corrected chi connectivity index (χ3v) is 6.65. The Balaban J connectivity index is 1.68. The maximum atomic E-state index is 13.6. The van der Waals surface area contributed by atoms with Crippen molar-refractivity contribution in [2.24, 2.45) is 0 Å². The minimum Gasteiger partial charge on any atom is -0.368 e. The molecule has 0 radical (unpaired) electrons. The van der Waals surface area contributed by atoms with E-state index in [1.807, 2.05) is 73.0 Å². The zero-order valence-electron chi connectivity index (χ0n) is 17.7. The van der Waals surface area contributed by atoms with E-state index in [0.717, 1.165) is 27.2 Å². The van der Waals surface area contributed by atoms with E-state index >= 15 is 0 Å². The Morgan fingerprint density at radius 1 is 1.09 bits per heavy atom. The standard InChI is InChI=1S/C25H20ClN5OS/c1-15(29-23-18(14-28-25(27)30-23)21-11-6-12-33-21)20-13-16-7-5-10-19(26)22(16)24(32)31(20)17-8-3-2-4-9-17/h2-15H,1H3,(H3,27,28,29,30)/t15-/m0/s1. The number of nitrogens with zero attached hydrogens (tertiary/aromatic N) is 3. The van der Waals surface area contributed by atoms with Crippen molar-refractivity contribution in [1.29, 1.82) is 0 Å². The van der Waals surface area contributed by atoms with Crippen molar-refractivity contribution in [3.8, 4) is 16.1 Å². The third kappa shape index (κ3) is 3.97. The molecule has 1 atom stereocenters. The van der Waals surface area contributed by atoms with Crippen LogP contribution in [0.5, 0.6) is 0 Å². The number of nitrogens with one attached hydrogen (secondary N) is 1. The van der Waals surface area contributed by atoms with Crippen molar-refractivity contribution in [3.05, 3.63) is 99.4 Å². The number of nitrogens with two attached hydrogens (primary N) is 1. The average Bonchev–Trinajstić information content (AvgIpc) is 3.34. The van der Waals surface area contributed by atoms with Crippen molar-refractivity contribution in [2.75, 3.05) is 11.1 Å². The van der Waals surface area contributed by atoms with Crippen LogP contribution >= 0.6 is 22.9 Å². The lowest BCUT2D eigenvalue weighted by molar-refractivity contribution is 0.773. The quantitative estimate of drug-likeness (QED) is 0.331. The van der Waals surface area contributed by atoms with Gasteiger partial charge in [0.25, 0.3) is 5.56 Å². The molecule has 33 heavy (non-hydrogen) atoms. The molecule has 0 spiro atoms. The number of rotatable bonds is 5. The van der Waals surface area contributed by atoms with Crippen LogP contribution in [-0.2, 0) is 0 Å². The van der Waals surface area contributed by atoms with Crippen LogP contribution in [-0.4, -0.2) is 14.5 Å². The lowest BCUT2D eigenvalue weighted by Crippen LogP contribution is -2.26. The molecule has 0 fully saturated rings. The van der Waals surface area contributed by atoms with E-state index in [-0.39, 0.29) is 17.5 Å². The van der Waals surface area contributed by atoms with Gasteiger partial charge in [-0.2, -0.15) is 4.98 Å². The Kier molecular flexibility index (Phi) is 5.58. The summed E-state index contributed by atoms with van der Waals surface area (Å²) in [5.74, 6) is 0.784. The van der Waals surface area contributed by atoms with Crippen LogP contribution in [0.1, 0.15) is 18.7 Å². The molecule has 0 aliphatic heterocycles. The fourth-order valence-corrected chi connectivity index (χ4v) is 4.90. The molecule has 0 amide bonds. The van der Waals surface area contributed by atoms with Crippen LogP contribution in [0.2, 0.25) is 5.02 Å². The molecule has 5 aromatic rings. The van der Waals surface area contributed by atoms with Gasteiger partial charge in [0, 0.05) is 22.5 Å². The molecule has 0 aliphatic rings. The van der Waals surface area contributed by atoms with Crippen molar-refractivity contribution < 1.29 is 0 Å². The van der Waals surface area contributed by atoms with E-state index < -0.39 is 0 Å². The van der Waals surface area contributed by atoms with Crippen LogP contribution in [0.25, 0.3) is 26.9 Å². The highest BCUT2D eigenvalue weighted by molar-refractivity contribution is 7.13. The first-order valence-electron chi connectivity index (χ1n) is 10.4. The molecule has 3 N–H and O–H groups in total. The van der Waals surface area contributed by atoms with E-state index in [1.54, 1.807) is 28.2 Å². The molecular weight excluding hydrogens is 454 g/mol. The van der Waals surface area contributed by atoms with Crippen molar-refractivity contribution >= 4 is 45.5 Å². The molecule has 0 saturated heterocycles. The van der Waals surface area contributed by atoms with Gasteiger partial charge >= 0.3 is 0 Å². The first kappa shape index (κ1) is 21.2. The smallest absolute Gasteiger partial charge is 0.264 e. The van der Waals surface area contributed by atoms with E-state index in [4.69, 9.17) is 17.3 Å². The summed E-state index contributed by atoms with van der Waals surface area (Å²) in [6, 6.07) is 20.7. The van der Waals surface area contributed by atoms with Crippen LogP contribution in [0.4, 0.5) is 11.8 Å². The summed E-state index contributed by atoms with van der Waals surface area (Å²) < 4.78 is 1.70. The number of fused-ring (bicyclic) bond motifs is 1. The van der Waals surface area contributed by atoms with E-state index in [9.17, 15) is 4.79 Å². The molecule has 2 aromatic carbocycles. The monoisotopic (exact) mass is 473 g/mol. The van der Waals surface area contributed by atoms with Gasteiger partial charge in [-0.15, -0.1) is 11.3 Å². The highest BCUT2D eigenvalue weighted by atomic mass is 35.5. The summed E-state index contributed by atoms with van der Waals surface area (Å²) in [4.78, 5) is 23.3. The van der Waals surface area contributed by atoms with Gasteiger partial charge in [0.1, 0.15) is 5.82 Å². The van der Waals surface area contributed by atoms with E-state index in [2.05, 4.69) is 15.3 Å². The Hall–Kier alpha value is -3.68. The normalized spacial score (nSPS) is 12.1. The zero-order valence-corrected chi connectivity index (χ0v) is 19.3. The fraction of sp³-hybridized carbons (Fsp3) is 0.0800. The number of pyridine rings is 1. The van der Waals surface area contributed by atoms with Gasteiger partial charge < -0.3 is 11.1 Å². The molecule has 0 bridgehead atoms. The van der Waals surface area contributed by atoms with Crippen LogP contribution in [0.3, 0.4) is 0 Å². The minimum absolute atomic E-state index is 0.173. The zero-order chi connectivity index (χ0) is 22.9. The highest BCUT2D eigenvalue weighted by Gasteiger charge is 2.20. The summed E-state index contributed by atoms with van der Waals surface area (Å²) >= 11 is 8.01. The van der Waals surface area contributed by atoms with Crippen molar-refractivity contribution in [3.63, 3.8) is 0 Å². The first-order valence-corrected chi connectivity index (χ1v) is 11.6. The summed E-state index contributed by atoms with van der Waals surface area (Å²) in [5, 5.41) is 7.15. The molecule has 5 rings (SSSR count). The molecule has 8 heteroatoms. The molecule has 0 aliphatic carbocycles. The number of aromatic nitrogens is 3. The van der Waals surface area contributed by atoms with Gasteiger partial charge in [-0.05, 0) is 48.0 Å². The molecular formula is C25H20ClN5OS. The van der Waals surface area contributed by atoms with Crippen LogP contribution in [0, 0.1) is 0 Å². The second-order valence-electron chi connectivity index (χ2n) is 7.58. The number of benzene rings is 2. The number of thiophene rings is 1. The van der Waals surface area contributed by atoms with Gasteiger partial charge in [0.2, 0.25) is 5.95 Å². The maximum Gasteiger partial charge on any atom is 0.264 e. The third-order valence-electron chi connectivity index (χ3n) is 5.43. The van der Waals surface area contributed by atoms with Gasteiger partial charge in [-0.1, -0.05) is 48.0 Å². The van der Waals surface area contributed by atoms with Gasteiger partial charge in [0.15, 0.2) is 0 Å². The molecule has 0 saturated carbocycles. The predicted molar refractivity (Wildman–Crippen MR) is 136 cm³/mol. The molecule has 6 nitrogen and oxygen atoms in total. The van der Waals surface area contributed by atoms with Crippen molar-refractivity contribution in [1.82, 2.24) is 14.5 Å². The van der Waals surface area contributed by atoms with Crippen LogP contribution < -0.4 is 16.6 Å². The lowest BCUT2D eigenvalue weighted by atomic mass is 10.1. The molecule has 3 heterocycles. The number of hydrogen-bond donors (Lipinski definition) is 2. The summed E-state index contributed by atoms with van der Waals surface area (Å²) in [5.41, 5.74) is 8.11. The summed E-state index contributed by atoms with van der Waals surface area (Å²) in [6.07, 6.45) is 1.72. The van der Waals surface area contributed by atoms with Gasteiger partial charge in [0.05, 0.1) is 22.0 Å². The lowest BCUT2D eigenvalue weighted by Gasteiger charge is -2.22. The molecule has 164 valence electrons. The van der Waals surface area contributed by atoms with E-state index in [1.165, 1.54) is 0 Å². The predicted octanol–water partition coefficient (Wildman–Crippen LogP) is 5.92. The SMILES string of the molecule is C[C@H](Nc1nc(N)ncc1-c1cccs1)c1cc2cccc(Cl)c2c(=O)n1-c1ccccc1. The fourth-order valence-electron chi connectivity index (χ4n) is 3.90. The first-order chi connectivity index (χ1) is 16.0. The minimum atomic E-state index is -0.283. The number of nitrogen functional groups attached to an aromatic ring is 1. The largest absolute Gasteiger partial charge is 0.368 e. The summed E-state index contributed by atoms with van der Waals surface area (Å²) in [7, 11) is 0. The second-order valence-corrected chi connectivity index (χ2v) is 8.94. The van der Waals surface area contributed by atoms with Crippen LogP contribution in [0.15, 0.2) is 83.1 Å².